The molecule has 0 amide bonds. The van der Waals surface area contributed by atoms with E-state index in [1.54, 1.807) is 55.3 Å². The van der Waals surface area contributed by atoms with Crippen molar-refractivity contribution in [3.8, 4) is 5.75 Å². The predicted molar refractivity (Wildman–Crippen MR) is 136 cm³/mol. The molecule has 0 heterocycles. The molecule has 0 aromatic heterocycles. The Hall–Kier alpha value is -2.61. The number of rotatable bonds is 8. The van der Waals surface area contributed by atoms with E-state index >= 15 is 0 Å². The molecule has 5 nitrogen and oxygen atoms in total. The number of ether oxygens (including phenoxy) is 1. The van der Waals surface area contributed by atoms with Crippen molar-refractivity contribution >= 4 is 27.6 Å². The van der Waals surface area contributed by atoms with Gasteiger partial charge in [-0.3, -0.25) is 4.79 Å². The van der Waals surface area contributed by atoms with E-state index in [0.29, 0.717) is 12.2 Å². The number of aryl methyl sites for hydroxylation is 1. The molecular formula is C27H29NO4S2. The summed E-state index contributed by atoms with van der Waals surface area (Å²) in [4.78, 5) is 14.6. The van der Waals surface area contributed by atoms with Crippen LogP contribution in [0.25, 0.3) is 0 Å². The summed E-state index contributed by atoms with van der Waals surface area (Å²) in [6.07, 6.45) is 2.10. The maximum absolute atomic E-state index is 13.4. The van der Waals surface area contributed by atoms with E-state index in [1.807, 2.05) is 49.4 Å². The number of methoxy groups -OCH3 is 1. The summed E-state index contributed by atoms with van der Waals surface area (Å²) in [5.74, 6) is 0.272. The quantitative estimate of drug-likeness (QED) is 0.443. The Bertz CT molecular complexity index is 1210. The first-order valence-corrected chi connectivity index (χ1v) is 13.7. The number of nitrogens with one attached hydrogen (secondary N) is 1. The molecule has 1 aliphatic rings. The first kappa shape index (κ1) is 24.5. The van der Waals surface area contributed by atoms with E-state index in [9.17, 15) is 13.2 Å². The molecule has 1 saturated carbocycles. The number of hydrogen-bond donors (Lipinski definition) is 1. The summed E-state index contributed by atoms with van der Waals surface area (Å²) in [7, 11) is -2.26. The van der Waals surface area contributed by atoms with Gasteiger partial charge in [0.05, 0.1) is 24.0 Å². The largest absolute Gasteiger partial charge is 0.497 e. The molecule has 34 heavy (non-hydrogen) atoms. The number of sulfonamides is 1. The molecular weight excluding hydrogens is 466 g/mol. The topological polar surface area (TPSA) is 72.5 Å². The van der Waals surface area contributed by atoms with Crippen molar-refractivity contribution < 1.29 is 17.9 Å². The van der Waals surface area contributed by atoms with Gasteiger partial charge in [0.1, 0.15) is 11.5 Å². The van der Waals surface area contributed by atoms with E-state index in [1.165, 1.54) is 0 Å². The van der Waals surface area contributed by atoms with Gasteiger partial charge in [-0.25, -0.2) is 13.1 Å². The fourth-order valence-corrected chi connectivity index (χ4v) is 7.00. The number of benzene rings is 3. The second-order valence-corrected chi connectivity index (χ2v) is 11.6. The number of hydrogen-bond acceptors (Lipinski definition) is 5. The zero-order valence-electron chi connectivity index (χ0n) is 19.3. The van der Waals surface area contributed by atoms with Crippen molar-refractivity contribution in [3.63, 3.8) is 0 Å². The van der Waals surface area contributed by atoms with Crippen molar-refractivity contribution in [2.45, 2.75) is 47.3 Å². The molecule has 1 fully saturated rings. The molecule has 7 heteroatoms. The summed E-state index contributed by atoms with van der Waals surface area (Å²) < 4.78 is 35.0. The second kappa shape index (κ2) is 10.8. The first-order chi connectivity index (χ1) is 16.4. The van der Waals surface area contributed by atoms with Gasteiger partial charge in [0, 0.05) is 16.6 Å². The summed E-state index contributed by atoms with van der Waals surface area (Å²) in [5.41, 5.74) is 1.72. The standard InChI is InChI=1S/C27H29NO4S2/c1-19-11-17-23(18-12-19)34(30,31)28-27(20-13-15-21(32-2)16-14-20)26-24(29)9-6-10-25(26)33-22-7-4-3-5-8-22/h3-5,7-8,11-18,25-28H,6,9-10H2,1-2H3/t25-,26+,27-/m0/s1. The minimum atomic E-state index is -3.85. The summed E-state index contributed by atoms with van der Waals surface area (Å²) in [6, 6.07) is 23.3. The van der Waals surface area contributed by atoms with Gasteiger partial charge in [0.25, 0.3) is 0 Å². The van der Waals surface area contributed by atoms with Crippen molar-refractivity contribution in [2.75, 3.05) is 7.11 Å². The van der Waals surface area contributed by atoms with Gasteiger partial charge in [-0.15, -0.1) is 11.8 Å². The van der Waals surface area contributed by atoms with Crippen molar-refractivity contribution in [2.24, 2.45) is 5.92 Å². The Balaban J connectivity index is 1.73. The smallest absolute Gasteiger partial charge is 0.241 e. The number of thioether (sulfide) groups is 1. The third-order valence-corrected chi connectivity index (χ3v) is 9.00. The molecule has 3 atom stereocenters. The average Bonchev–Trinajstić information content (AvgIpc) is 2.84. The zero-order chi connectivity index (χ0) is 24.1. The Labute approximate surface area is 206 Å². The van der Waals surface area contributed by atoms with Crippen LogP contribution in [-0.2, 0) is 14.8 Å². The lowest BCUT2D eigenvalue weighted by Gasteiger charge is -2.36. The van der Waals surface area contributed by atoms with Crippen LogP contribution in [-0.4, -0.2) is 26.6 Å². The van der Waals surface area contributed by atoms with Crippen LogP contribution >= 0.6 is 11.8 Å². The van der Waals surface area contributed by atoms with E-state index < -0.39 is 22.0 Å². The molecule has 1 N–H and O–H groups in total. The van der Waals surface area contributed by atoms with Crippen LogP contribution in [0, 0.1) is 12.8 Å². The van der Waals surface area contributed by atoms with Crippen molar-refractivity contribution in [1.82, 2.24) is 4.72 Å². The van der Waals surface area contributed by atoms with Gasteiger partial charge < -0.3 is 4.74 Å². The van der Waals surface area contributed by atoms with Crippen LogP contribution in [0.3, 0.4) is 0 Å². The van der Waals surface area contributed by atoms with Crippen LogP contribution in [0.2, 0.25) is 0 Å². The van der Waals surface area contributed by atoms with Crippen LogP contribution in [0.15, 0.2) is 88.7 Å². The molecule has 0 radical (unpaired) electrons. The fourth-order valence-electron chi connectivity index (χ4n) is 4.35. The van der Waals surface area contributed by atoms with Crippen molar-refractivity contribution in [1.29, 1.82) is 0 Å². The lowest BCUT2D eigenvalue weighted by atomic mass is 9.80. The Morgan fingerprint density at radius 2 is 1.65 bits per heavy atom. The molecule has 3 aromatic carbocycles. The third kappa shape index (κ3) is 5.71. The summed E-state index contributed by atoms with van der Waals surface area (Å²) in [5, 5.41) is -0.0449. The molecule has 3 aromatic rings. The molecule has 178 valence electrons. The van der Waals surface area contributed by atoms with Gasteiger partial charge in [0.15, 0.2) is 0 Å². The number of carbonyl (C=O) groups is 1. The average molecular weight is 496 g/mol. The number of ketones is 1. The van der Waals surface area contributed by atoms with Gasteiger partial charge in [-0.2, -0.15) is 0 Å². The summed E-state index contributed by atoms with van der Waals surface area (Å²) in [6.45, 7) is 1.91. The molecule has 0 spiro atoms. The third-order valence-electron chi connectivity index (χ3n) is 6.16. The van der Waals surface area contributed by atoms with Crippen LogP contribution in [0.1, 0.15) is 36.4 Å². The van der Waals surface area contributed by atoms with E-state index in [-0.39, 0.29) is 15.9 Å². The highest BCUT2D eigenvalue weighted by Gasteiger charge is 2.41. The lowest BCUT2D eigenvalue weighted by Crippen LogP contribution is -2.43. The highest BCUT2D eigenvalue weighted by atomic mass is 32.2. The van der Waals surface area contributed by atoms with Crippen LogP contribution in [0.5, 0.6) is 5.75 Å². The Kier molecular flexibility index (Phi) is 7.76. The Morgan fingerprint density at radius 1 is 0.971 bits per heavy atom. The van der Waals surface area contributed by atoms with E-state index in [2.05, 4.69) is 4.72 Å². The Morgan fingerprint density at radius 3 is 2.29 bits per heavy atom. The molecule has 1 aliphatic carbocycles. The lowest BCUT2D eigenvalue weighted by molar-refractivity contribution is -0.125. The predicted octanol–water partition coefficient (Wildman–Crippen LogP) is 5.55. The van der Waals surface area contributed by atoms with Gasteiger partial charge >= 0.3 is 0 Å². The minimum absolute atomic E-state index is 0.0449. The zero-order valence-corrected chi connectivity index (χ0v) is 20.9. The molecule has 0 aliphatic heterocycles. The SMILES string of the molecule is COc1ccc([C@H](NS(=O)(=O)c2ccc(C)cc2)[C@@H]2C(=O)CCC[C@@H]2Sc2ccccc2)cc1. The molecule has 4 rings (SSSR count). The second-order valence-electron chi connectivity index (χ2n) is 8.54. The van der Waals surface area contributed by atoms with Gasteiger partial charge in [0.2, 0.25) is 10.0 Å². The minimum Gasteiger partial charge on any atom is -0.497 e. The maximum Gasteiger partial charge on any atom is 0.241 e. The maximum atomic E-state index is 13.4. The van der Waals surface area contributed by atoms with E-state index in [0.717, 1.165) is 28.9 Å². The van der Waals surface area contributed by atoms with Crippen molar-refractivity contribution in [3.05, 3.63) is 90.0 Å². The normalized spacial score (nSPS) is 19.5. The highest BCUT2D eigenvalue weighted by Crippen LogP contribution is 2.42. The highest BCUT2D eigenvalue weighted by molar-refractivity contribution is 8.00. The fraction of sp³-hybridized carbons (Fsp3) is 0.296. The number of Topliss-reactive ketones (excluding diaryl/α,β-unsaturated/α-hetero) is 1. The first-order valence-electron chi connectivity index (χ1n) is 11.3. The number of carbonyl (C=O) groups excluding carboxylic acids is 1. The van der Waals surface area contributed by atoms with Crippen LogP contribution in [0.4, 0.5) is 0 Å². The summed E-state index contributed by atoms with van der Waals surface area (Å²) >= 11 is 1.65. The van der Waals surface area contributed by atoms with E-state index in [4.69, 9.17) is 4.74 Å². The van der Waals surface area contributed by atoms with Gasteiger partial charge in [-0.05, 0) is 61.7 Å². The molecule has 0 unspecified atom stereocenters. The molecule has 0 saturated heterocycles. The molecule has 0 bridgehead atoms. The van der Waals surface area contributed by atoms with Crippen LogP contribution < -0.4 is 9.46 Å². The van der Waals surface area contributed by atoms with Gasteiger partial charge in [-0.1, -0.05) is 48.0 Å². The monoisotopic (exact) mass is 495 g/mol.